The zero-order valence-electron chi connectivity index (χ0n) is 9.86. The van der Waals surface area contributed by atoms with Crippen molar-refractivity contribution >= 4 is 23.2 Å². The summed E-state index contributed by atoms with van der Waals surface area (Å²) in [6, 6.07) is 4.81. The van der Waals surface area contributed by atoms with Gasteiger partial charge in [0, 0.05) is 10.9 Å². The van der Waals surface area contributed by atoms with Crippen molar-refractivity contribution in [1.29, 1.82) is 0 Å². The molecule has 3 heteroatoms. The molecule has 90 valence electrons. The monoisotopic (exact) mass is 262 g/mol. The Morgan fingerprint density at radius 2 is 1.94 bits per heavy atom. The summed E-state index contributed by atoms with van der Waals surface area (Å²) in [5, 5.41) is 0.430. The summed E-state index contributed by atoms with van der Waals surface area (Å²) in [7, 11) is 0. The highest BCUT2D eigenvalue weighted by Crippen LogP contribution is 2.31. The van der Waals surface area contributed by atoms with Gasteiger partial charge in [0.1, 0.15) is 5.82 Å². The van der Waals surface area contributed by atoms with Gasteiger partial charge in [-0.2, -0.15) is 0 Å². The second-order valence-electron chi connectivity index (χ2n) is 5.16. The maximum Gasteiger partial charge on any atom is 0.127 e. The Balaban J connectivity index is 2.86. The molecule has 16 heavy (non-hydrogen) atoms. The molecule has 0 saturated heterocycles. The molecule has 1 atom stereocenters. The third kappa shape index (κ3) is 3.64. The van der Waals surface area contributed by atoms with Crippen LogP contribution in [0.1, 0.15) is 26.3 Å². The molecule has 1 aromatic rings. The molecule has 0 heterocycles. The molecule has 0 N–H and O–H groups in total. The molecule has 0 radical (unpaired) electrons. The van der Waals surface area contributed by atoms with E-state index in [1.807, 2.05) is 0 Å². The lowest BCUT2D eigenvalue weighted by atomic mass is 9.78. The summed E-state index contributed by atoms with van der Waals surface area (Å²) < 4.78 is 13.6. The van der Waals surface area contributed by atoms with Crippen LogP contribution in [-0.4, -0.2) is 5.88 Å². The van der Waals surface area contributed by atoms with Gasteiger partial charge in [-0.15, -0.1) is 11.6 Å². The molecule has 0 bridgehead atoms. The van der Waals surface area contributed by atoms with Crippen molar-refractivity contribution in [2.75, 3.05) is 5.88 Å². The molecule has 0 aliphatic rings. The SMILES string of the molecule is CC(C)(C)C(CCl)Cc1ccc(Cl)cc1F. The molecule has 0 saturated carbocycles. The molecule has 1 aromatic carbocycles. The van der Waals surface area contributed by atoms with Crippen LogP contribution in [0.5, 0.6) is 0 Å². The van der Waals surface area contributed by atoms with E-state index in [1.54, 1.807) is 12.1 Å². The number of hydrogen-bond donors (Lipinski definition) is 0. The average Bonchev–Trinajstić information content (AvgIpc) is 2.14. The minimum Gasteiger partial charge on any atom is -0.207 e. The fraction of sp³-hybridized carbons (Fsp3) is 0.538. The molecule has 0 aromatic heterocycles. The lowest BCUT2D eigenvalue weighted by Gasteiger charge is -2.29. The largest absolute Gasteiger partial charge is 0.207 e. The van der Waals surface area contributed by atoms with Crippen LogP contribution in [0, 0.1) is 17.2 Å². The molecular formula is C13H17Cl2F. The van der Waals surface area contributed by atoms with Crippen LogP contribution in [0.3, 0.4) is 0 Å². The van der Waals surface area contributed by atoms with Crippen molar-refractivity contribution in [3.8, 4) is 0 Å². The third-order valence-electron chi connectivity index (χ3n) is 2.89. The smallest absolute Gasteiger partial charge is 0.127 e. The van der Waals surface area contributed by atoms with Gasteiger partial charge in [0.25, 0.3) is 0 Å². The van der Waals surface area contributed by atoms with E-state index in [2.05, 4.69) is 20.8 Å². The van der Waals surface area contributed by atoms with E-state index in [-0.39, 0.29) is 17.2 Å². The molecule has 1 unspecified atom stereocenters. The zero-order valence-corrected chi connectivity index (χ0v) is 11.4. The van der Waals surface area contributed by atoms with Crippen molar-refractivity contribution in [2.24, 2.45) is 11.3 Å². The van der Waals surface area contributed by atoms with Crippen LogP contribution >= 0.6 is 23.2 Å². The second kappa shape index (κ2) is 5.37. The summed E-state index contributed by atoms with van der Waals surface area (Å²) >= 11 is 11.6. The molecular weight excluding hydrogens is 246 g/mol. The molecule has 0 nitrogen and oxygen atoms in total. The Bertz CT molecular complexity index is 355. The maximum absolute atomic E-state index is 13.6. The van der Waals surface area contributed by atoms with Gasteiger partial charge in [0.05, 0.1) is 0 Å². The van der Waals surface area contributed by atoms with Gasteiger partial charge in [-0.25, -0.2) is 4.39 Å². The van der Waals surface area contributed by atoms with Crippen molar-refractivity contribution in [3.05, 3.63) is 34.6 Å². The predicted octanol–water partition coefficient (Wildman–Crippen LogP) is 4.92. The van der Waals surface area contributed by atoms with Crippen molar-refractivity contribution < 1.29 is 4.39 Å². The Hall–Kier alpha value is -0.270. The lowest BCUT2D eigenvalue weighted by molar-refractivity contribution is 0.262. The highest BCUT2D eigenvalue weighted by Gasteiger charge is 2.24. The van der Waals surface area contributed by atoms with Crippen LogP contribution in [0.25, 0.3) is 0 Å². The molecule has 0 aliphatic heterocycles. The Morgan fingerprint density at radius 3 is 2.38 bits per heavy atom. The van der Waals surface area contributed by atoms with Crippen molar-refractivity contribution in [1.82, 2.24) is 0 Å². The van der Waals surface area contributed by atoms with Gasteiger partial charge < -0.3 is 0 Å². The number of rotatable bonds is 3. The first kappa shape index (κ1) is 13.8. The molecule has 0 fully saturated rings. The van der Waals surface area contributed by atoms with E-state index < -0.39 is 0 Å². The van der Waals surface area contributed by atoms with Crippen LogP contribution in [0.15, 0.2) is 18.2 Å². The van der Waals surface area contributed by atoms with Crippen molar-refractivity contribution in [2.45, 2.75) is 27.2 Å². The van der Waals surface area contributed by atoms with E-state index in [1.165, 1.54) is 6.07 Å². The fourth-order valence-electron chi connectivity index (χ4n) is 1.54. The molecule has 0 aliphatic carbocycles. The van der Waals surface area contributed by atoms with Gasteiger partial charge >= 0.3 is 0 Å². The van der Waals surface area contributed by atoms with Gasteiger partial charge in [-0.1, -0.05) is 38.4 Å². The van der Waals surface area contributed by atoms with Crippen LogP contribution in [-0.2, 0) is 6.42 Å². The number of hydrogen-bond acceptors (Lipinski definition) is 0. The summed E-state index contributed by atoms with van der Waals surface area (Å²) in [6.45, 7) is 6.36. The quantitative estimate of drug-likeness (QED) is 0.679. The second-order valence-corrected chi connectivity index (χ2v) is 5.90. The molecule has 0 amide bonds. The first-order chi connectivity index (χ1) is 7.34. The molecule has 1 rings (SSSR count). The van der Waals surface area contributed by atoms with Gasteiger partial charge in [-0.05, 0) is 35.4 Å². The lowest BCUT2D eigenvalue weighted by Crippen LogP contribution is -2.24. The summed E-state index contributed by atoms with van der Waals surface area (Å²) in [6.07, 6.45) is 0.649. The standard InChI is InChI=1S/C13H17Cl2F/c1-13(2,3)10(8-14)6-9-4-5-11(15)7-12(9)16/h4-5,7,10H,6,8H2,1-3H3. The topological polar surface area (TPSA) is 0 Å². The van der Waals surface area contributed by atoms with E-state index in [4.69, 9.17) is 23.2 Å². The number of alkyl halides is 1. The summed E-state index contributed by atoms with van der Waals surface area (Å²) in [5.41, 5.74) is 0.762. The highest BCUT2D eigenvalue weighted by molar-refractivity contribution is 6.30. The molecule has 0 spiro atoms. The fourth-order valence-corrected chi connectivity index (χ4v) is 2.28. The number of halogens is 3. The van der Waals surface area contributed by atoms with Crippen LogP contribution in [0.2, 0.25) is 5.02 Å². The van der Waals surface area contributed by atoms with E-state index in [9.17, 15) is 4.39 Å². The van der Waals surface area contributed by atoms with E-state index in [0.717, 1.165) is 0 Å². The Morgan fingerprint density at radius 1 is 1.31 bits per heavy atom. The summed E-state index contributed by atoms with van der Waals surface area (Å²) in [4.78, 5) is 0. The third-order valence-corrected chi connectivity index (χ3v) is 3.50. The van der Waals surface area contributed by atoms with Gasteiger partial charge in [-0.3, -0.25) is 0 Å². The van der Waals surface area contributed by atoms with Crippen LogP contribution in [0.4, 0.5) is 4.39 Å². The number of benzene rings is 1. The van der Waals surface area contributed by atoms with Crippen molar-refractivity contribution in [3.63, 3.8) is 0 Å². The Kier molecular flexibility index (Phi) is 4.63. The average molecular weight is 263 g/mol. The van der Waals surface area contributed by atoms with E-state index >= 15 is 0 Å². The van der Waals surface area contributed by atoms with E-state index in [0.29, 0.717) is 22.9 Å². The summed E-state index contributed by atoms with van der Waals surface area (Å²) in [5.74, 6) is 0.544. The zero-order chi connectivity index (χ0) is 12.3. The van der Waals surface area contributed by atoms with Gasteiger partial charge in [0.2, 0.25) is 0 Å². The predicted molar refractivity (Wildman–Crippen MR) is 68.8 cm³/mol. The first-order valence-electron chi connectivity index (χ1n) is 5.34. The Labute approximate surface area is 107 Å². The first-order valence-corrected chi connectivity index (χ1v) is 6.25. The highest BCUT2D eigenvalue weighted by atomic mass is 35.5. The minimum absolute atomic E-state index is 0.0772. The maximum atomic E-state index is 13.6. The minimum atomic E-state index is -0.244. The van der Waals surface area contributed by atoms with Crippen LogP contribution < -0.4 is 0 Å². The normalized spacial score (nSPS) is 13.9. The van der Waals surface area contributed by atoms with Gasteiger partial charge in [0.15, 0.2) is 0 Å².